The molecule has 216 valence electrons. The van der Waals surface area contributed by atoms with Crippen LogP contribution >= 0.6 is 0 Å². The van der Waals surface area contributed by atoms with Gasteiger partial charge in [0.1, 0.15) is 17.6 Å². The maximum atomic E-state index is 13.0. The zero-order valence-electron chi connectivity index (χ0n) is 24.3. The van der Waals surface area contributed by atoms with Crippen molar-refractivity contribution < 1.29 is 14.3 Å². The van der Waals surface area contributed by atoms with Crippen LogP contribution in [0.2, 0.25) is 0 Å². The van der Waals surface area contributed by atoms with Crippen LogP contribution < -0.4 is 25.2 Å². The van der Waals surface area contributed by atoms with Gasteiger partial charge in [-0.2, -0.15) is 0 Å². The Morgan fingerprint density at radius 2 is 1.78 bits per heavy atom. The van der Waals surface area contributed by atoms with Gasteiger partial charge in [-0.1, -0.05) is 30.3 Å². The molecule has 1 fully saturated rings. The van der Waals surface area contributed by atoms with Crippen molar-refractivity contribution in [2.45, 2.75) is 19.5 Å². The van der Waals surface area contributed by atoms with Crippen LogP contribution in [0.1, 0.15) is 22.8 Å². The largest absolute Gasteiger partial charge is 0.495 e. The molecule has 0 unspecified atom stereocenters. The first-order valence-corrected chi connectivity index (χ1v) is 14.1. The zero-order valence-corrected chi connectivity index (χ0v) is 24.3. The number of nitrogens with zero attached hydrogens (tertiary/aromatic N) is 5. The Kier molecular flexibility index (Phi) is 8.70. The molecule has 2 N–H and O–H groups in total. The van der Waals surface area contributed by atoms with Crippen LogP contribution in [0.4, 0.5) is 23.0 Å². The van der Waals surface area contributed by atoms with E-state index in [9.17, 15) is 9.59 Å². The molecular formula is C31H39N7O3. The molecule has 2 amide bonds. The molecule has 3 heterocycles. The number of aromatic nitrogens is 1. The second-order valence-electron chi connectivity index (χ2n) is 10.7. The quantitative estimate of drug-likeness (QED) is 0.415. The van der Waals surface area contributed by atoms with E-state index in [0.717, 1.165) is 49.8 Å². The van der Waals surface area contributed by atoms with Crippen LogP contribution in [-0.2, 0) is 11.3 Å². The van der Waals surface area contributed by atoms with E-state index >= 15 is 0 Å². The molecule has 0 radical (unpaired) electrons. The van der Waals surface area contributed by atoms with E-state index in [1.54, 1.807) is 31.2 Å². The Balaban J connectivity index is 1.30. The van der Waals surface area contributed by atoms with Gasteiger partial charge in [-0.05, 0) is 49.9 Å². The van der Waals surface area contributed by atoms with Crippen LogP contribution in [0, 0.1) is 0 Å². The monoisotopic (exact) mass is 557 g/mol. The molecule has 2 aromatic carbocycles. The highest BCUT2D eigenvalue weighted by atomic mass is 16.5. The standard InChI is InChI=1S/C31H39N7O3/c1-22-31(40)36(3)26-12-13-28(34-29(26)38(22)21-23-8-6-5-7-9-23)33-25-11-10-24(20-27(25)41-4)30(39)32-14-15-37-18-16-35(2)17-19-37/h5-13,20,22H,14-19,21H2,1-4H3,(H,32,39)(H,33,34)/t22-/m1/s1. The summed E-state index contributed by atoms with van der Waals surface area (Å²) in [7, 11) is 5.50. The number of piperazine rings is 1. The molecule has 3 aromatic rings. The fourth-order valence-electron chi connectivity index (χ4n) is 5.27. The summed E-state index contributed by atoms with van der Waals surface area (Å²) in [6.45, 7) is 8.05. The smallest absolute Gasteiger partial charge is 0.251 e. The van der Waals surface area contributed by atoms with Gasteiger partial charge in [-0.3, -0.25) is 14.5 Å². The predicted molar refractivity (Wildman–Crippen MR) is 162 cm³/mol. The lowest BCUT2D eigenvalue weighted by Gasteiger charge is -2.39. The van der Waals surface area contributed by atoms with Gasteiger partial charge < -0.3 is 30.1 Å². The van der Waals surface area contributed by atoms with Crippen LogP contribution in [0.3, 0.4) is 0 Å². The van der Waals surface area contributed by atoms with E-state index in [1.807, 2.05) is 60.4 Å². The summed E-state index contributed by atoms with van der Waals surface area (Å²) in [6.07, 6.45) is 0. The van der Waals surface area contributed by atoms with Crippen molar-refractivity contribution in [2.75, 3.05) is 75.6 Å². The third-order valence-electron chi connectivity index (χ3n) is 7.88. The second-order valence-corrected chi connectivity index (χ2v) is 10.7. The number of pyridine rings is 1. The van der Waals surface area contributed by atoms with Gasteiger partial charge >= 0.3 is 0 Å². The number of hydrogen-bond acceptors (Lipinski definition) is 8. The minimum atomic E-state index is -0.362. The molecule has 5 rings (SSSR count). The van der Waals surface area contributed by atoms with Crippen LogP contribution in [0.5, 0.6) is 5.75 Å². The van der Waals surface area contributed by atoms with Gasteiger partial charge in [0.25, 0.3) is 5.91 Å². The minimum absolute atomic E-state index is 0.0232. The lowest BCUT2D eigenvalue weighted by molar-refractivity contribution is -0.119. The molecule has 0 saturated carbocycles. The molecule has 41 heavy (non-hydrogen) atoms. The maximum absolute atomic E-state index is 13.0. The Bertz CT molecular complexity index is 1380. The van der Waals surface area contributed by atoms with Gasteiger partial charge in [0.15, 0.2) is 5.82 Å². The lowest BCUT2D eigenvalue weighted by Crippen LogP contribution is -2.50. The number of hydrogen-bond donors (Lipinski definition) is 2. The number of methoxy groups -OCH3 is 1. The van der Waals surface area contributed by atoms with Crippen molar-refractivity contribution in [3.63, 3.8) is 0 Å². The molecule has 2 aliphatic heterocycles. The zero-order chi connectivity index (χ0) is 28.9. The molecule has 10 nitrogen and oxygen atoms in total. The average molecular weight is 558 g/mol. The van der Waals surface area contributed by atoms with E-state index in [4.69, 9.17) is 9.72 Å². The molecule has 0 spiro atoms. The first-order chi connectivity index (χ1) is 19.8. The molecule has 1 aromatic heterocycles. The number of anilines is 4. The van der Waals surface area contributed by atoms with Crippen LogP contribution in [0.15, 0.2) is 60.7 Å². The second kappa shape index (κ2) is 12.6. The lowest BCUT2D eigenvalue weighted by atomic mass is 10.1. The van der Waals surface area contributed by atoms with Crippen molar-refractivity contribution >= 4 is 34.8 Å². The summed E-state index contributed by atoms with van der Waals surface area (Å²) in [5.41, 5.74) is 3.08. The summed E-state index contributed by atoms with van der Waals surface area (Å²) in [6, 6.07) is 18.8. The number of carbonyl (C=O) groups is 2. The first kappa shape index (κ1) is 28.4. The topological polar surface area (TPSA) is 93.3 Å². The summed E-state index contributed by atoms with van der Waals surface area (Å²) in [5.74, 6) is 1.77. The van der Waals surface area contributed by atoms with Crippen molar-refractivity contribution in [1.29, 1.82) is 0 Å². The van der Waals surface area contributed by atoms with Gasteiger partial charge in [0.2, 0.25) is 5.91 Å². The summed E-state index contributed by atoms with van der Waals surface area (Å²) in [5, 5.41) is 6.37. The van der Waals surface area contributed by atoms with Crippen molar-refractivity contribution in [2.24, 2.45) is 0 Å². The van der Waals surface area contributed by atoms with E-state index in [0.29, 0.717) is 35.9 Å². The Hall–Kier alpha value is -4.15. The molecule has 1 saturated heterocycles. The normalized spacial score (nSPS) is 17.8. The molecule has 2 aliphatic rings. The van der Waals surface area contributed by atoms with Gasteiger partial charge in [0.05, 0.1) is 18.5 Å². The summed E-state index contributed by atoms with van der Waals surface area (Å²) >= 11 is 0. The first-order valence-electron chi connectivity index (χ1n) is 14.1. The number of rotatable bonds is 9. The molecule has 0 bridgehead atoms. The number of carbonyl (C=O) groups excluding carboxylic acids is 2. The SMILES string of the molecule is COc1cc(C(=O)NCCN2CCN(C)CC2)ccc1Nc1ccc2c(n1)N(Cc1ccccc1)[C@H](C)C(=O)N2C. The number of nitrogens with one attached hydrogen (secondary N) is 2. The molecule has 10 heteroatoms. The Labute approximate surface area is 241 Å². The Morgan fingerprint density at radius 1 is 1.02 bits per heavy atom. The number of fused-ring (bicyclic) bond motifs is 1. The number of likely N-dealkylation sites (N-methyl/N-ethyl adjacent to an activating group) is 2. The highest BCUT2D eigenvalue weighted by Gasteiger charge is 2.35. The number of amides is 2. The predicted octanol–water partition coefficient (Wildman–Crippen LogP) is 3.18. The van der Waals surface area contributed by atoms with Gasteiger partial charge in [-0.15, -0.1) is 0 Å². The third-order valence-corrected chi connectivity index (χ3v) is 7.88. The fraction of sp³-hybridized carbons (Fsp3) is 0.387. The maximum Gasteiger partial charge on any atom is 0.251 e. The fourth-order valence-corrected chi connectivity index (χ4v) is 5.27. The minimum Gasteiger partial charge on any atom is -0.495 e. The van der Waals surface area contributed by atoms with E-state index in [-0.39, 0.29) is 17.9 Å². The molecular weight excluding hydrogens is 518 g/mol. The van der Waals surface area contributed by atoms with Gasteiger partial charge in [0, 0.05) is 58.4 Å². The van der Waals surface area contributed by atoms with E-state index < -0.39 is 0 Å². The van der Waals surface area contributed by atoms with Crippen molar-refractivity contribution in [3.05, 3.63) is 71.8 Å². The van der Waals surface area contributed by atoms with E-state index in [2.05, 4.69) is 27.5 Å². The van der Waals surface area contributed by atoms with Gasteiger partial charge in [-0.25, -0.2) is 4.98 Å². The van der Waals surface area contributed by atoms with Crippen LogP contribution in [0.25, 0.3) is 0 Å². The average Bonchev–Trinajstić information content (AvgIpc) is 2.99. The molecule has 1 atom stereocenters. The van der Waals surface area contributed by atoms with Crippen molar-refractivity contribution in [3.8, 4) is 5.75 Å². The summed E-state index contributed by atoms with van der Waals surface area (Å²) < 4.78 is 5.63. The van der Waals surface area contributed by atoms with E-state index in [1.165, 1.54) is 0 Å². The summed E-state index contributed by atoms with van der Waals surface area (Å²) in [4.78, 5) is 39.1. The van der Waals surface area contributed by atoms with Crippen LogP contribution in [-0.4, -0.2) is 93.1 Å². The number of ether oxygens (including phenoxy) is 1. The Morgan fingerprint density at radius 3 is 2.51 bits per heavy atom. The highest BCUT2D eigenvalue weighted by Crippen LogP contribution is 2.37. The highest BCUT2D eigenvalue weighted by molar-refractivity contribution is 6.04. The molecule has 0 aliphatic carbocycles. The number of benzene rings is 2. The van der Waals surface area contributed by atoms with Crippen molar-refractivity contribution in [1.82, 2.24) is 20.1 Å². The third kappa shape index (κ3) is 6.44.